The molecule has 4 heterocycles. The first-order valence-corrected chi connectivity index (χ1v) is 13.1. The normalized spacial score (nSPS) is 18.0. The lowest BCUT2D eigenvalue weighted by Crippen LogP contribution is -2.38. The highest BCUT2D eigenvalue weighted by Crippen LogP contribution is 2.38. The molecule has 0 saturated carbocycles. The standard InChI is InChI=1S/C27H32N6O6/c1-15(2)39-23-10-20-19(9-21(23)25(28)35)22(12-29-26(20)38-14-17-3-4-24(34)31-17)16-11-30-33(13-16)18-5-7-32(8-6-18)27(36)37/h9-13,15,17-18H,3-8,14H2,1-2H3,(H2,28,35)(H,31,34)(H,36,37). The Morgan fingerprint density at radius 2 is 1.95 bits per heavy atom. The van der Waals surface area contributed by atoms with Crippen LogP contribution < -0.4 is 20.5 Å². The van der Waals surface area contributed by atoms with Gasteiger partial charge in [-0.1, -0.05) is 0 Å². The highest BCUT2D eigenvalue weighted by atomic mass is 16.5. The van der Waals surface area contributed by atoms with Gasteiger partial charge in [0.05, 0.1) is 29.9 Å². The summed E-state index contributed by atoms with van der Waals surface area (Å²) < 4.78 is 13.8. The molecule has 1 atom stereocenters. The van der Waals surface area contributed by atoms with Gasteiger partial charge in [-0.05, 0) is 50.6 Å². The van der Waals surface area contributed by atoms with Crippen molar-refractivity contribution < 1.29 is 29.0 Å². The van der Waals surface area contributed by atoms with Gasteiger partial charge in [0.2, 0.25) is 11.8 Å². The molecule has 2 aliphatic heterocycles. The lowest BCUT2D eigenvalue weighted by atomic mass is 9.99. The van der Waals surface area contributed by atoms with Gasteiger partial charge in [-0.3, -0.25) is 14.3 Å². The number of aromatic nitrogens is 3. The fourth-order valence-electron chi connectivity index (χ4n) is 5.11. The maximum absolute atomic E-state index is 12.4. The Bertz CT molecular complexity index is 1410. The Morgan fingerprint density at radius 3 is 2.59 bits per heavy atom. The van der Waals surface area contributed by atoms with Crippen LogP contribution in [0.1, 0.15) is 55.9 Å². The molecular weight excluding hydrogens is 504 g/mol. The largest absolute Gasteiger partial charge is 0.490 e. The molecule has 12 heteroatoms. The van der Waals surface area contributed by atoms with Gasteiger partial charge in [0.15, 0.2) is 0 Å². The topological polar surface area (TPSA) is 162 Å². The summed E-state index contributed by atoms with van der Waals surface area (Å²) >= 11 is 0. The minimum atomic E-state index is -0.907. The minimum absolute atomic E-state index is 0.00105. The number of piperidine rings is 1. The van der Waals surface area contributed by atoms with E-state index < -0.39 is 12.0 Å². The van der Waals surface area contributed by atoms with Crippen molar-refractivity contribution in [3.63, 3.8) is 0 Å². The average molecular weight is 537 g/mol. The first kappa shape index (κ1) is 26.3. The smallest absolute Gasteiger partial charge is 0.407 e. The second-order valence-electron chi connectivity index (χ2n) is 10.2. The zero-order chi connectivity index (χ0) is 27.7. The van der Waals surface area contributed by atoms with Crippen LogP contribution in [-0.4, -0.2) is 74.5 Å². The molecule has 3 aromatic rings. The SMILES string of the molecule is CC(C)Oc1cc2c(OCC3CCC(=O)N3)ncc(-c3cnn(C4CCN(C(=O)O)CC4)c3)c2cc1C(N)=O. The predicted molar refractivity (Wildman–Crippen MR) is 142 cm³/mol. The van der Waals surface area contributed by atoms with E-state index in [1.165, 1.54) is 4.90 Å². The summed E-state index contributed by atoms with van der Waals surface area (Å²) in [5.41, 5.74) is 7.49. The van der Waals surface area contributed by atoms with Crippen molar-refractivity contribution in [3.8, 4) is 22.8 Å². The fraction of sp³-hybridized carbons (Fsp3) is 0.444. The van der Waals surface area contributed by atoms with Crippen LogP contribution in [0, 0.1) is 0 Å². The van der Waals surface area contributed by atoms with E-state index in [1.54, 1.807) is 24.5 Å². The molecule has 3 amide bonds. The number of nitrogens with two attached hydrogens (primary N) is 1. The number of nitrogens with one attached hydrogen (secondary N) is 1. The Kier molecular flexibility index (Phi) is 7.27. The molecule has 5 rings (SSSR count). The summed E-state index contributed by atoms with van der Waals surface area (Å²) in [6.07, 6.45) is 6.70. The van der Waals surface area contributed by atoms with Gasteiger partial charge in [0, 0.05) is 48.4 Å². The van der Waals surface area contributed by atoms with E-state index in [-0.39, 0.29) is 36.3 Å². The minimum Gasteiger partial charge on any atom is -0.490 e. The van der Waals surface area contributed by atoms with Gasteiger partial charge in [-0.2, -0.15) is 5.10 Å². The number of benzene rings is 1. The lowest BCUT2D eigenvalue weighted by Gasteiger charge is -2.30. The molecular formula is C27H32N6O6. The number of nitrogens with zero attached hydrogens (tertiary/aromatic N) is 4. The summed E-state index contributed by atoms with van der Waals surface area (Å²) in [6, 6.07) is 3.39. The number of pyridine rings is 1. The molecule has 2 aromatic heterocycles. The van der Waals surface area contributed by atoms with Crippen molar-refractivity contribution in [1.82, 2.24) is 25.0 Å². The van der Waals surface area contributed by atoms with E-state index in [0.29, 0.717) is 61.2 Å². The van der Waals surface area contributed by atoms with Crippen LogP contribution in [0.25, 0.3) is 21.9 Å². The van der Waals surface area contributed by atoms with E-state index in [4.69, 9.17) is 15.2 Å². The van der Waals surface area contributed by atoms with Crippen molar-refractivity contribution in [3.05, 3.63) is 36.3 Å². The fourth-order valence-corrected chi connectivity index (χ4v) is 5.11. The van der Waals surface area contributed by atoms with Gasteiger partial charge in [0.1, 0.15) is 12.4 Å². The molecule has 12 nitrogen and oxygen atoms in total. The summed E-state index contributed by atoms with van der Waals surface area (Å²) in [6.45, 7) is 4.89. The van der Waals surface area contributed by atoms with Gasteiger partial charge in [-0.15, -0.1) is 0 Å². The number of carboxylic acid groups (broad SMARTS) is 1. The molecule has 0 radical (unpaired) electrons. The van der Waals surface area contributed by atoms with Crippen LogP contribution in [0.4, 0.5) is 4.79 Å². The quantitative estimate of drug-likeness (QED) is 0.396. The van der Waals surface area contributed by atoms with Crippen LogP contribution >= 0.6 is 0 Å². The third-order valence-corrected chi connectivity index (χ3v) is 7.11. The Hall–Kier alpha value is -4.35. The van der Waals surface area contributed by atoms with Gasteiger partial charge in [-0.25, -0.2) is 9.78 Å². The van der Waals surface area contributed by atoms with Crippen LogP contribution in [0.3, 0.4) is 0 Å². The second-order valence-corrected chi connectivity index (χ2v) is 10.2. The molecule has 39 heavy (non-hydrogen) atoms. The van der Waals surface area contributed by atoms with E-state index in [0.717, 1.165) is 11.1 Å². The third kappa shape index (κ3) is 5.59. The lowest BCUT2D eigenvalue weighted by molar-refractivity contribution is -0.119. The molecule has 1 aromatic carbocycles. The second kappa shape index (κ2) is 10.8. The number of hydrogen-bond donors (Lipinski definition) is 3. The van der Waals surface area contributed by atoms with Gasteiger partial charge in [0.25, 0.3) is 5.91 Å². The number of hydrogen-bond acceptors (Lipinski definition) is 7. The van der Waals surface area contributed by atoms with Crippen molar-refractivity contribution in [2.45, 2.75) is 57.7 Å². The molecule has 2 fully saturated rings. The summed E-state index contributed by atoms with van der Waals surface area (Å²) in [4.78, 5) is 41.3. The molecule has 4 N–H and O–H groups in total. The van der Waals surface area contributed by atoms with Crippen LogP contribution in [0.15, 0.2) is 30.7 Å². The zero-order valence-electron chi connectivity index (χ0n) is 21.9. The average Bonchev–Trinajstić information content (AvgIpc) is 3.55. The summed E-state index contributed by atoms with van der Waals surface area (Å²) in [7, 11) is 0. The highest BCUT2D eigenvalue weighted by molar-refractivity contribution is 6.06. The molecule has 2 saturated heterocycles. The number of primary amides is 1. The van der Waals surface area contributed by atoms with Crippen LogP contribution in [-0.2, 0) is 4.79 Å². The summed E-state index contributed by atoms with van der Waals surface area (Å²) in [5, 5.41) is 18.0. The number of ether oxygens (including phenoxy) is 2. The van der Waals surface area contributed by atoms with Gasteiger partial charge >= 0.3 is 6.09 Å². The van der Waals surface area contributed by atoms with E-state index in [1.807, 2.05) is 24.7 Å². The van der Waals surface area contributed by atoms with Crippen LogP contribution in [0.5, 0.6) is 11.6 Å². The molecule has 1 unspecified atom stereocenters. The molecule has 0 spiro atoms. The van der Waals surface area contributed by atoms with Crippen molar-refractivity contribution in [2.75, 3.05) is 19.7 Å². The molecule has 0 aliphatic carbocycles. The Morgan fingerprint density at radius 1 is 1.18 bits per heavy atom. The maximum Gasteiger partial charge on any atom is 0.407 e. The number of amides is 3. The van der Waals surface area contributed by atoms with E-state index in [9.17, 15) is 19.5 Å². The third-order valence-electron chi connectivity index (χ3n) is 7.11. The Labute approximate surface area is 225 Å². The zero-order valence-corrected chi connectivity index (χ0v) is 21.9. The van der Waals surface area contributed by atoms with Crippen molar-refractivity contribution in [2.24, 2.45) is 5.73 Å². The number of carbonyl (C=O) groups is 3. The maximum atomic E-state index is 12.4. The van der Waals surface area contributed by atoms with E-state index >= 15 is 0 Å². The Balaban J connectivity index is 1.51. The predicted octanol–water partition coefficient (Wildman–Crippen LogP) is 2.96. The first-order valence-electron chi connectivity index (χ1n) is 13.1. The number of fused-ring (bicyclic) bond motifs is 1. The molecule has 206 valence electrons. The molecule has 0 bridgehead atoms. The highest BCUT2D eigenvalue weighted by Gasteiger charge is 2.26. The van der Waals surface area contributed by atoms with E-state index in [2.05, 4.69) is 15.4 Å². The summed E-state index contributed by atoms with van der Waals surface area (Å²) in [5.74, 6) is 0.0743. The number of likely N-dealkylation sites (tertiary alicyclic amines) is 1. The molecule has 2 aliphatic rings. The monoisotopic (exact) mass is 536 g/mol. The van der Waals surface area contributed by atoms with Crippen LogP contribution in [0.2, 0.25) is 0 Å². The number of rotatable bonds is 8. The van der Waals surface area contributed by atoms with Gasteiger partial charge < -0.3 is 30.5 Å². The number of carbonyl (C=O) groups excluding carboxylic acids is 2. The van der Waals surface area contributed by atoms with Crippen molar-refractivity contribution in [1.29, 1.82) is 0 Å². The first-order chi connectivity index (χ1) is 18.7. The van der Waals surface area contributed by atoms with Crippen molar-refractivity contribution >= 4 is 28.7 Å².